The molecule has 2 aromatic rings. The van der Waals surface area contributed by atoms with Crippen LogP contribution in [0.4, 0.5) is 5.69 Å². The second-order valence-electron chi connectivity index (χ2n) is 6.12. The average molecular weight is 340 g/mol. The molecule has 2 aromatic carbocycles. The minimum absolute atomic E-state index is 0.108. The van der Waals surface area contributed by atoms with Crippen molar-refractivity contribution in [2.75, 3.05) is 19.0 Å². The first-order valence-corrected chi connectivity index (χ1v) is 8.24. The lowest BCUT2D eigenvalue weighted by molar-refractivity contribution is -0.115. The van der Waals surface area contributed by atoms with Crippen molar-refractivity contribution >= 4 is 17.5 Å². The van der Waals surface area contributed by atoms with Crippen LogP contribution in [-0.4, -0.2) is 25.5 Å². The average Bonchev–Trinajstić information content (AvgIpc) is 2.61. The molecule has 0 bridgehead atoms. The van der Waals surface area contributed by atoms with Gasteiger partial charge in [-0.15, -0.1) is 0 Å². The normalized spacial score (nSPS) is 10.4. The molecule has 2 N–H and O–H groups in total. The molecular weight excluding hydrogens is 316 g/mol. The molecule has 25 heavy (non-hydrogen) atoms. The van der Waals surface area contributed by atoms with Gasteiger partial charge in [-0.05, 0) is 36.1 Å². The lowest BCUT2D eigenvalue weighted by atomic mass is 9.98. The zero-order valence-corrected chi connectivity index (χ0v) is 15.1. The van der Waals surface area contributed by atoms with Gasteiger partial charge in [0, 0.05) is 5.69 Å². The maximum atomic E-state index is 12.3. The van der Waals surface area contributed by atoms with Crippen LogP contribution in [0.25, 0.3) is 0 Å². The van der Waals surface area contributed by atoms with Crippen molar-refractivity contribution in [3.8, 4) is 5.75 Å². The van der Waals surface area contributed by atoms with Gasteiger partial charge >= 0.3 is 0 Å². The Labute approximate surface area is 148 Å². The molecule has 0 atom stereocenters. The minimum atomic E-state index is -0.346. The first kappa shape index (κ1) is 18.5. The number of para-hydroxylation sites is 2. The molecule has 0 aliphatic carbocycles. The van der Waals surface area contributed by atoms with E-state index in [1.54, 1.807) is 24.3 Å². The van der Waals surface area contributed by atoms with E-state index in [1.165, 1.54) is 7.11 Å². The highest BCUT2D eigenvalue weighted by Gasteiger charge is 2.15. The topological polar surface area (TPSA) is 67.4 Å². The van der Waals surface area contributed by atoms with E-state index in [2.05, 4.69) is 24.5 Å². The Morgan fingerprint density at radius 3 is 2.48 bits per heavy atom. The summed E-state index contributed by atoms with van der Waals surface area (Å²) in [5.41, 5.74) is 3.28. The predicted molar refractivity (Wildman–Crippen MR) is 99.2 cm³/mol. The van der Waals surface area contributed by atoms with E-state index in [9.17, 15) is 9.59 Å². The third kappa shape index (κ3) is 4.59. The van der Waals surface area contributed by atoms with E-state index in [4.69, 9.17) is 4.74 Å². The van der Waals surface area contributed by atoms with Gasteiger partial charge in [0.05, 0.1) is 19.2 Å². The lowest BCUT2D eigenvalue weighted by Gasteiger charge is -2.16. The number of benzene rings is 2. The number of carbonyl (C=O) groups excluding carboxylic acids is 2. The molecule has 0 aliphatic rings. The molecule has 5 heteroatoms. The monoisotopic (exact) mass is 340 g/mol. The van der Waals surface area contributed by atoms with Crippen LogP contribution in [0.2, 0.25) is 0 Å². The van der Waals surface area contributed by atoms with E-state index >= 15 is 0 Å². The standard InChI is InChI=1S/C20H24N2O3/c1-13(2)15-10-7-8-14(3)19(15)22-18(23)12-21-20(24)16-9-5-6-11-17(16)25-4/h5-11,13H,12H2,1-4H3,(H,21,24)(H,22,23). The molecule has 0 spiro atoms. The summed E-state index contributed by atoms with van der Waals surface area (Å²) in [6.07, 6.45) is 0. The molecule has 0 saturated heterocycles. The van der Waals surface area contributed by atoms with Crippen LogP contribution in [0.1, 0.15) is 41.3 Å². The summed E-state index contributed by atoms with van der Waals surface area (Å²) < 4.78 is 5.17. The zero-order chi connectivity index (χ0) is 18.4. The maximum Gasteiger partial charge on any atom is 0.255 e. The molecule has 0 unspecified atom stereocenters. The van der Waals surface area contributed by atoms with Crippen molar-refractivity contribution in [1.82, 2.24) is 5.32 Å². The Morgan fingerprint density at radius 2 is 1.80 bits per heavy atom. The van der Waals surface area contributed by atoms with Gasteiger partial charge < -0.3 is 15.4 Å². The molecule has 0 aliphatic heterocycles. The van der Waals surface area contributed by atoms with Crippen LogP contribution in [0, 0.1) is 6.92 Å². The Hall–Kier alpha value is -2.82. The van der Waals surface area contributed by atoms with Crippen LogP contribution >= 0.6 is 0 Å². The summed E-state index contributed by atoms with van der Waals surface area (Å²) >= 11 is 0. The largest absolute Gasteiger partial charge is 0.496 e. The number of anilines is 1. The molecular formula is C20H24N2O3. The number of ether oxygens (including phenoxy) is 1. The molecule has 0 heterocycles. The number of carbonyl (C=O) groups is 2. The summed E-state index contributed by atoms with van der Waals surface area (Å²) in [5.74, 6) is 0.153. The summed E-state index contributed by atoms with van der Waals surface area (Å²) in [4.78, 5) is 24.5. The number of hydrogen-bond acceptors (Lipinski definition) is 3. The zero-order valence-electron chi connectivity index (χ0n) is 15.1. The van der Waals surface area contributed by atoms with Crippen molar-refractivity contribution in [2.24, 2.45) is 0 Å². The number of methoxy groups -OCH3 is 1. The van der Waals surface area contributed by atoms with Crippen molar-refractivity contribution in [1.29, 1.82) is 0 Å². The number of hydrogen-bond donors (Lipinski definition) is 2. The fourth-order valence-corrected chi connectivity index (χ4v) is 2.61. The third-order valence-corrected chi connectivity index (χ3v) is 3.95. The van der Waals surface area contributed by atoms with Crippen LogP contribution in [0.5, 0.6) is 5.75 Å². The van der Waals surface area contributed by atoms with Gasteiger partial charge in [0.25, 0.3) is 5.91 Å². The highest BCUT2D eigenvalue weighted by Crippen LogP contribution is 2.27. The lowest BCUT2D eigenvalue weighted by Crippen LogP contribution is -2.33. The van der Waals surface area contributed by atoms with Crippen LogP contribution < -0.4 is 15.4 Å². The van der Waals surface area contributed by atoms with Crippen LogP contribution in [-0.2, 0) is 4.79 Å². The Balaban J connectivity index is 2.03. The molecule has 2 amide bonds. The SMILES string of the molecule is COc1ccccc1C(=O)NCC(=O)Nc1c(C)cccc1C(C)C. The Bertz CT molecular complexity index is 769. The number of amides is 2. The maximum absolute atomic E-state index is 12.3. The minimum Gasteiger partial charge on any atom is -0.496 e. The Morgan fingerprint density at radius 1 is 1.08 bits per heavy atom. The van der Waals surface area contributed by atoms with E-state index in [0.717, 1.165) is 16.8 Å². The number of nitrogens with one attached hydrogen (secondary N) is 2. The molecule has 0 fully saturated rings. The van der Waals surface area contributed by atoms with Crippen molar-refractivity contribution in [3.05, 3.63) is 59.2 Å². The number of aryl methyl sites for hydroxylation is 1. The van der Waals surface area contributed by atoms with Gasteiger partial charge in [-0.3, -0.25) is 9.59 Å². The van der Waals surface area contributed by atoms with E-state index in [-0.39, 0.29) is 18.4 Å². The fraction of sp³-hybridized carbons (Fsp3) is 0.300. The predicted octanol–water partition coefficient (Wildman–Crippen LogP) is 3.50. The first-order valence-electron chi connectivity index (χ1n) is 8.24. The van der Waals surface area contributed by atoms with E-state index in [0.29, 0.717) is 17.2 Å². The Kier molecular flexibility index (Phi) is 6.17. The van der Waals surface area contributed by atoms with E-state index in [1.807, 2.05) is 25.1 Å². The molecule has 0 radical (unpaired) electrons. The van der Waals surface area contributed by atoms with Crippen molar-refractivity contribution < 1.29 is 14.3 Å². The second kappa shape index (κ2) is 8.33. The van der Waals surface area contributed by atoms with Gasteiger partial charge in [0.15, 0.2) is 0 Å². The molecule has 2 rings (SSSR count). The van der Waals surface area contributed by atoms with Gasteiger partial charge in [0.1, 0.15) is 5.75 Å². The van der Waals surface area contributed by atoms with Crippen molar-refractivity contribution in [3.63, 3.8) is 0 Å². The number of rotatable bonds is 6. The van der Waals surface area contributed by atoms with Gasteiger partial charge in [-0.25, -0.2) is 0 Å². The molecule has 0 saturated carbocycles. The fourth-order valence-electron chi connectivity index (χ4n) is 2.61. The quantitative estimate of drug-likeness (QED) is 0.846. The molecule has 5 nitrogen and oxygen atoms in total. The smallest absolute Gasteiger partial charge is 0.255 e. The van der Waals surface area contributed by atoms with E-state index < -0.39 is 0 Å². The second-order valence-corrected chi connectivity index (χ2v) is 6.12. The highest BCUT2D eigenvalue weighted by molar-refractivity contribution is 6.01. The third-order valence-electron chi connectivity index (χ3n) is 3.95. The van der Waals surface area contributed by atoms with Crippen LogP contribution in [0.15, 0.2) is 42.5 Å². The summed E-state index contributed by atoms with van der Waals surface area (Å²) in [7, 11) is 1.50. The van der Waals surface area contributed by atoms with Gasteiger partial charge in [-0.2, -0.15) is 0 Å². The summed E-state index contributed by atoms with van der Waals surface area (Å²) in [6, 6.07) is 12.8. The first-order chi connectivity index (χ1) is 11.9. The molecule has 132 valence electrons. The summed E-state index contributed by atoms with van der Waals surface area (Å²) in [6.45, 7) is 6.00. The highest BCUT2D eigenvalue weighted by atomic mass is 16.5. The van der Waals surface area contributed by atoms with Gasteiger partial charge in [0.2, 0.25) is 5.91 Å². The summed E-state index contributed by atoms with van der Waals surface area (Å²) in [5, 5.41) is 5.54. The molecule has 0 aromatic heterocycles. The van der Waals surface area contributed by atoms with Gasteiger partial charge in [-0.1, -0.05) is 44.2 Å². The van der Waals surface area contributed by atoms with Crippen LogP contribution in [0.3, 0.4) is 0 Å². The van der Waals surface area contributed by atoms with Crippen molar-refractivity contribution in [2.45, 2.75) is 26.7 Å².